The van der Waals surface area contributed by atoms with E-state index in [9.17, 15) is 0 Å². The average Bonchev–Trinajstić information content (AvgIpc) is 2.82. The van der Waals surface area contributed by atoms with Crippen LogP contribution >= 0.6 is 17.0 Å². The molecule has 2 unspecified atom stereocenters. The van der Waals surface area contributed by atoms with Crippen LogP contribution < -0.4 is 4.74 Å². The number of halogens is 1. The van der Waals surface area contributed by atoms with Gasteiger partial charge in [-0.15, -0.1) is 17.0 Å². The molecule has 1 heterocycles. The Morgan fingerprint density at radius 2 is 2.20 bits per heavy atom. The summed E-state index contributed by atoms with van der Waals surface area (Å²) in [4.78, 5) is 2.71. The number of hydrogen-bond donors (Lipinski definition) is 0. The zero-order chi connectivity index (χ0) is 13.3. The van der Waals surface area contributed by atoms with Gasteiger partial charge in [-0.05, 0) is 68.3 Å². The summed E-state index contributed by atoms with van der Waals surface area (Å²) < 4.78 is 5.40. The number of methoxy groups -OCH3 is 1. The summed E-state index contributed by atoms with van der Waals surface area (Å²) in [6.07, 6.45) is 6.67. The van der Waals surface area contributed by atoms with Crippen LogP contribution in [0, 0.1) is 0 Å². The summed E-state index contributed by atoms with van der Waals surface area (Å²) >= 11 is 0. The molecular weight excluding hydrogens is 314 g/mol. The molecule has 2 nitrogen and oxygen atoms in total. The number of benzene rings is 1. The third kappa shape index (κ3) is 2.75. The molecule has 2 aliphatic rings. The van der Waals surface area contributed by atoms with Crippen LogP contribution in [-0.4, -0.2) is 31.1 Å². The van der Waals surface area contributed by atoms with Gasteiger partial charge < -0.3 is 9.64 Å². The quantitative estimate of drug-likeness (QED) is 0.815. The molecule has 2 fully saturated rings. The Hall–Kier alpha value is -0.540. The highest BCUT2D eigenvalue weighted by molar-refractivity contribution is 8.93. The maximum atomic E-state index is 5.40. The van der Waals surface area contributed by atoms with Gasteiger partial charge >= 0.3 is 0 Å². The van der Waals surface area contributed by atoms with E-state index in [0.29, 0.717) is 5.41 Å². The lowest BCUT2D eigenvalue weighted by Gasteiger charge is -2.40. The second kappa shape index (κ2) is 6.48. The lowest BCUT2D eigenvalue weighted by molar-refractivity contribution is 0.141. The van der Waals surface area contributed by atoms with Crippen molar-refractivity contribution in [2.24, 2.45) is 0 Å². The van der Waals surface area contributed by atoms with Crippen molar-refractivity contribution >= 4 is 17.0 Å². The molecule has 1 saturated carbocycles. The van der Waals surface area contributed by atoms with Crippen molar-refractivity contribution < 1.29 is 4.74 Å². The molecule has 1 aliphatic carbocycles. The molecular formula is C17H26BrNO. The first-order chi connectivity index (χ1) is 9.27. The van der Waals surface area contributed by atoms with Crippen molar-refractivity contribution in [2.75, 3.05) is 20.2 Å². The summed E-state index contributed by atoms with van der Waals surface area (Å²) in [6.45, 7) is 4.84. The van der Waals surface area contributed by atoms with Crippen LogP contribution in [-0.2, 0) is 5.41 Å². The Kier molecular flexibility index (Phi) is 5.14. The van der Waals surface area contributed by atoms with E-state index in [0.717, 1.165) is 11.8 Å². The molecule has 1 aliphatic heterocycles. The maximum absolute atomic E-state index is 5.40. The molecule has 0 spiro atoms. The first-order valence-electron chi connectivity index (χ1n) is 7.66. The fourth-order valence-corrected chi connectivity index (χ4v) is 4.12. The molecule has 2 bridgehead atoms. The van der Waals surface area contributed by atoms with E-state index in [-0.39, 0.29) is 17.0 Å². The molecule has 1 saturated heterocycles. The van der Waals surface area contributed by atoms with E-state index in [4.69, 9.17) is 4.74 Å². The molecule has 0 N–H and O–H groups in total. The van der Waals surface area contributed by atoms with E-state index in [1.54, 1.807) is 7.11 Å². The zero-order valence-corrected chi connectivity index (χ0v) is 14.3. The van der Waals surface area contributed by atoms with Crippen LogP contribution in [0.25, 0.3) is 0 Å². The highest BCUT2D eigenvalue weighted by Crippen LogP contribution is 2.49. The molecule has 0 radical (unpaired) electrons. The topological polar surface area (TPSA) is 12.5 Å². The smallest absolute Gasteiger partial charge is 0.119 e. The Morgan fingerprint density at radius 1 is 1.35 bits per heavy atom. The van der Waals surface area contributed by atoms with Crippen molar-refractivity contribution in [3.05, 3.63) is 29.8 Å². The summed E-state index contributed by atoms with van der Waals surface area (Å²) in [5.41, 5.74) is 1.94. The minimum Gasteiger partial charge on any atom is -0.497 e. The van der Waals surface area contributed by atoms with Gasteiger partial charge in [0, 0.05) is 6.04 Å². The van der Waals surface area contributed by atoms with Gasteiger partial charge in [-0.25, -0.2) is 0 Å². The van der Waals surface area contributed by atoms with Crippen molar-refractivity contribution in [3.63, 3.8) is 0 Å². The highest BCUT2D eigenvalue weighted by atomic mass is 79.9. The van der Waals surface area contributed by atoms with Gasteiger partial charge in [0.25, 0.3) is 0 Å². The predicted molar refractivity (Wildman–Crippen MR) is 89.1 cm³/mol. The normalized spacial score (nSPS) is 29.0. The fourth-order valence-electron chi connectivity index (χ4n) is 4.12. The van der Waals surface area contributed by atoms with E-state index in [1.165, 1.54) is 50.8 Å². The number of hydrogen-bond acceptors (Lipinski definition) is 2. The van der Waals surface area contributed by atoms with Gasteiger partial charge in [-0.2, -0.15) is 0 Å². The number of rotatable bonds is 4. The lowest BCUT2D eigenvalue weighted by Crippen LogP contribution is -2.43. The third-order valence-corrected chi connectivity index (χ3v) is 5.17. The summed E-state index contributed by atoms with van der Waals surface area (Å²) in [6, 6.07) is 9.59. The first kappa shape index (κ1) is 15.8. The Bertz CT molecular complexity index is 450. The second-order valence-electron chi connectivity index (χ2n) is 6.19. The standard InChI is InChI=1S/C17H25NO.BrH/c1-3-10-18-11-9-17(8-7-15(18)13-17)14-5-4-6-16(12-14)19-2;/h4-6,12,15H,3,7-11,13H2,1-2H3;1H. The number of nitrogens with zero attached hydrogens (tertiary/aromatic N) is 1. The number of piperidine rings is 1. The molecule has 1 aromatic carbocycles. The van der Waals surface area contributed by atoms with Gasteiger partial charge in [0.05, 0.1) is 7.11 Å². The van der Waals surface area contributed by atoms with Crippen molar-refractivity contribution in [2.45, 2.75) is 50.5 Å². The Morgan fingerprint density at radius 3 is 2.95 bits per heavy atom. The van der Waals surface area contributed by atoms with Gasteiger partial charge in [0.2, 0.25) is 0 Å². The van der Waals surface area contributed by atoms with Crippen LogP contribution in [0.2, 0.25) is 0 Å². The minimum atomic E-state index is 0. The molecule has 3 heteroatoms. The zero-order valence-electron chi connectivity index (χ0n) is 12.6. The van der Waals surface area contributed by atoms with Crippen molar-refractivity contribution in [1.82, 2.24) is 4.90 Å². The van der Waals surface area contributed by atoms with Gasteiger partial charge in [0.15, 0.2) is 0 Å². The molecule has 0 amide bonds. The second-order valence-corrected chi connectivity index (χ2v) is 6.19. The lowest BCUT2D eigenvalue weighted by atomic mass is 9.74. The first-order valence-corrected chi connectivity index (χ1v) is 7.66. The third-order valence-electron chi connectivity index (χ3n) is 5.17. The summed E-state index contributed by atoms with van der Waals surface area (Å²) in [5, 5.41) is 0. The van der Waals surface area contributed by atoms with Crippen LogP contribution in [0.1, 0.15) is 44.6 Å². The minimum absolute atomic E-state index is 0. The van der Waals surface area contributed by atoms with Gasteiger partial charge in [0.1, 0.15) is 5.75 Å². The van der Waals surface area contributed by atoms with E-state index < -0.39 is 0 Å². The Balaban J connectivity index is 0.00000147. The molecule has 112 valence electrons. The van der Waals surface area contributed by atoms with Crippen LogP contribution in [0.3, 0.4) is 0 Å². The largest absolute Gasteiger partial charge is 0.497 e. The number of fused-ring (bicyclic) bond motifs is 2. The summed E-state index contributed by atoms with van der Waals surface area (Å²) in [7, 11) is 1.76. The highest BCUT2D eigenvalue weighted by Gasteiger charge is 2.45. The van der Waals surface area contributed by atoms with Crippen LogP contribution in [0.4, 0.5) is 0 Å². The maximum Gasteiger partial charge on any atom is 0.119 e. The summed E-state index contributed by atoms with van der Waals surface area (Å²) in [5.74, 6) is 1.01. The fraction of sp³-hybridized carbons (Fsp3) is 0.647. The number of likely N-dealkylation sites (tertiary alicyclic amines) is 1. The van der Waals surface area contributed by atoms with Crippen molar-refractivity contribution in [1.29, 1.82) is 0 Å². The predicted octanol–water partition coefficient (Wildman–Crippen LogP) is 4.18. The van der Waals surface area contributed by atoms with Crippen LogP contribution in [0.5, 0.6) is 5.75 Å². The van der Waals surface area contributed by atoms with Gasteiger partial charge in [-0.1, -0.05) is 19.1 Å². The van der Waals surface area contributed by atoms with E-state index in [1.807, 2.05) is 0 Å². The molecule has 3 rings (SSSR count). The monoisotopic (exact) mass is 339 g/mol. The van der Waals surface area contributed by atoms with E-state index >= 15 is 0 Å². The van der Waals surface area contributed by atoms with E-state index in [2.05, 4.69) is 36.1 Å². The SMILES string of the molecule is Br.CCCN1CCC2(c3cccc(OC)c3)CCC1C2. The molecule has 2 atom stereocenters. The molecule has 20 heavy (non-hydrogen) atoms. The van der Waals surface area contributed by atoms with Gasteiger partial charge in [-0.3, -0.25) is 0 Å². The van der Waals surface area contributed by atoms with Crippen LogP contribution in [0.15, 0.2) is 24.3 Å². The molecule has 1 aromatic rings. The van der Waals surface area contributed by atoms with Crippen molar-refractivity contribution in [3.8, 4) is 5.75 Å². The Labute approximate surface area is 133 Å². The number of ether oxygens (including phenoxy) is 1. The molecule has 0 aromatic heterocycles. The average molecular weight is 340 g/mol.